The fourth-order valence-corrected chi connectivity index (χ4v) is 3.03. The molecule has 1 rings (SSSR count). The highest BCUT2D eigenvalue weighted by molar-refractivity contribution is 7.89. The maximum atomic E-state index is 12.4. The van der Waals surface area contributed by atoms with Crippen LogP contribution in [-0.4, -0.2) is 34.2 Å². The van der Waals surface area contributed by atoms with Crippen molar-refractivity contribution in [3.63, 3.8) is 0 Å². The van der Waals surface area contributed by atoms with Crippen LogP contribution in [0.2, 0.25) is 0 Å². The first kappa shape index (κ1) is 17.7. The number of hydrogen-bond donors (Lipinski definition) is 2. The van der Waals surface area contributed by atoms with Crippen LogP contribution in [-0.2, 0) is 14.8 Å². The number of hydrogen-bond acceptors (Lipinski definition) is 4. The monoisotopic (exact) mass is 310 g/mol. The van der Waals surface area contributed by atoms with Gasteiger partial charge in [-0.15, -0.1) is 0 Å². The topological polar surface area (TPSA) is 81.4 Å². The third kappa shape index (κ3) is 5.48. The van der Waals surface area contributed by atoms with Crippen LogP contribution < -0.4 is 10.5 Å². The Morgan fingerprint density at radius 1 is 1.43 bits per heavy atom. The lowest BCUT2D eigenvalue weighted by Crippen LogP contribution is -2.32. The lowest BCUT2D eigenvalue weighted by Gasteiger charge is -2.14. The van der Waals surface area contributed by atoms with Crippen LogP contribution in [0.15, 0.2) is 23.1 Å². The molecule has 0 amide bonds. The number of benzene rings is 1. The molecule has 0 aliphatic carbocycles. The summed E-state index contributed by atoms with van der Waals surface area (Å²) in [4.78, 5) is 0.165. The van der Waals surface area contributed by atoms with Crippen molar-refractivity contribution >= 4 is 10.0 Å². The molecule has 3 N–H and O–H groups in total. The molecule has 116 valence electrons. The average molecular weight is 310 g/mol. The summed E-state index contributed by atoms with van der Waals surface area (Å²) in [6.45, 7) is 6.51. The van der Waals surface area contributed by atoms with Crippen LogP contribution in [0, 0.1) is 18.8 Å². The van der Waals surface area contributed by atoms with Gasteiger partial charge in [-0.3, -0.25) is 0 Å². The van der Waals surface area contributed by atoms with Gasteiger partial charge in [-0.25, -0.2) is 13.1 Å². The van der Waals surface area contributed by atoms with Gasteiger partial charge in [0.2, 0.25) is 10.0 Å². The summed E-state index contributed by atoms with van der Waals surface area (Å²) in [6.07, 6.45) is -0.186. The number of ether oxygens (including phenoxy) is 1. The first-order valence-corrected chi connectivity index (χ1v) is 8.30. The maximum Gasteiger partial charge on any atom is 0.241 e. The lowest BCUT2D eigenvalue weighted by molar-refractivity contribution is 0.0799. The fourth-order valence-electron chi connectivity index (χ4n) is 1.77. The van der Waals surface area contributed by atoms with Crippen LogP contribution in [0.4, 0.5) is 0 Å². The molecule has 0 radical (unpaired) electrons. The van der Waals surface area contributed by atoms with E-state index in [0.717, 1.165) is 5.56 Å². The summed E-state index contributed by atoms with van der Waals surface area (Å²) in [5.74, 6) is 5.50. The van der Waals surface area contributed by atoms with E-state index in [1.54, 1.807) is 18.2 Å². The minimum atomic E-state index is -3.62. The average Bonchev–Trinajstić information content (AvgIpc) is 2.43. The van der Waals surface area contributed by atoms with E-state index in [-0.39, 0.29) is 24.1 Å². The first-order chi connectivity index (χ1) is 9.90. The third-order valence-electron chi connectivity index (χ3n) is 2.76. The van der Waals surface area contributed by atoms with Crippen molar-refractivity contribution in [3.05, 3.63) is 29.3 Å². The number of rotatable bonds is 6. The molecule has 0 aromatic heterocycles. The molecule has 1 unspecified atom stereocenters. The van der Waals surface area contributed by atoms with Crippen LogP contribution in [0.1, 0.15) is 25.0 Å². The second-order valence-corrected chi connectivity index (χ2v) is 6.36. The zero-order chi connectivity index (χ0) is 15.9. The number of aryl methyl sites for hydroxylation is 1. The zero-order valence-corrected chi connectivity index (χ0v) is 13.5. The first-order valence-electron chi connectivity index (χ1n) is 6.81. The van der Waals surface area contributed by atoms with Crippen molar-refractivity contribution in [2.45, 2.75) is 31.8 Å². The van der Waals surface area contributed by atoms with E-state index < -0.39 is 10.0 Å². The number of nitrogens with two attached hydrogens (primary N) is 1. The molecular formula is C15H22N2O3S. The molecule has 1 atom stereocenters. The van der Waals surface area contributed by atoms with E-state index in [1.165, 1.54) is 0 Å². The third-order valence-corrected chi connectivity index (χ3v) is 4.24. The Morgan fingerprint density at radius 3 is 2.76 bits per heavy atom. The Hall–Kier alpha value is -1.39. The normalized spacial score (nSPS) is 12.6. The van der Waals surface area contributed by atoms with Crippen molar-refractivity contribution in [2.24, 2.45) is 5.73 Å². The minimum absolute atomic E-state index is 0.165. The molecule has 0 aliphatic rings. The standard InChI is InChI=1S/C15H22N2O3S/c1-4-20-13(3)11-17-21(18,19)15-8-7-12(2)10-14(15)6-5-9-16/h7-8,10,13,17H,4,9,11,16H2,1-3H3. The molecule has 6 heteroatoms. The van der Waals surface area contributed by atoms with Crippen molar-refractivity contribution in [3.8, 4) is 11.8 Å². The van der Waals surface area contributed by atoms with Gasteiger partial charge in [0.15, 0.2) is 0 Å². The van der Waals surface area contributed by atoms with Crippen LogP contribution >= 0.6 is 0 Å². The van der Waals surface area contributed by atoms with Crippen molar-refractivity contribution in [1.82, 2.24) is 4.72 Å². The van der Waals surface area contributed by atoms with Gasteiger partial charge in [0.05, 0.1) is 17.5 Å². The Bertz CT molecular complexity index is 630. The predicted molar refractivity (Wildman–Crippen MR) is 83.4 cm³/mol. The summed E-state index contributed by atoms with van der Waals surface area (Å²) >= 11 is 0. The SMILES string of the molecule is CCOC(C)CNS(=O)(=O)c1ccc(C)cc1C#CCN. The maximum absolute atomic E-state index is 12.4. The van der Waals surface area contributed by atoms with E-state index in [4.69, 9.17) is 10.5 Å². The highest BCUT2D eigenvalue weighted by Gasteiger charge is 2.18. The second kappa shape index (κ2) is 8.15. The Labute approximate surface area is 126 Å². The molecule has 0 spiro atoms. The molecule has 1 aromatic carbocycles. The Kier molecular flexibility index (Phi) is 6.85. The zero-order valence-electron chi connectivity index (χ0n) is 12.6. The molecule has 0 saturated carbocycles. The molecule has 0 fully saturated rings. The summed E-state index contributed by atoms with van der Waals surface area (Å²) in [7, 11) is -3.62. The smallest absolute Gasteiger partial charge is 0.241 e. The Morgan fingerprint density at radius 2 is 2.14 bits per heavy atom. The van der Waals surface area contributed by atoms with Gasteiger partial charge in [0, 0.05) is 18.7 Å². The number of sulfonamides is 1. The molecular weight excluding hydrogens is 288 g/mol. The van der Waals surface area contributed by atoms with Gasteiger partial charge in [0.25, 0.3) is 0 Å². The summed E-state index contributed by atoms with van der Waals surface area (Å²) in [5.41, 5.74) is 6.75. The van der Waals surface area contributed by atoms with E-state index in [2.05, 4.69) is 16.6 Å². The largest absolute Gasteiger partial charge is 0.377 e. The molecule has 1 aromatic rings. The lowest BCUT2D eigenvalue weighted by atomic mass is 10.1. The van der Waals surface area contributed by atoms with Gasteiger partial charge in [-0.2, -0.15) is 0 Å². The van der Waals surface area contributed by atoms with Crippen LogP contribution in [0.3, 0.4) is 0 Å². The highest BCUT2D eigenvalue weighted by atomic mass is 32.2. The summed E-state index contributed by atoms with van der Waals surface area (Å²) < 4.78 is 32.6. The van der Waals surface area contributed by atoms with Gasteiger partial charge in [-0.1, -0.05) is 17.9 Å². The molecule has 5 nitrogen and oxygen atoms in total. The molecule has 0 aliphatic heterocycles. The number of nitrogens with one attached hydrogen (secondary N) is 1. The Balaban J connectivity index is 3.02. The van der Waals surface area contributed by atoms with E-state index in [0.29, 0.717) is 12.2 Å². The van der Waals surface area contributed by atoms with E-state index in [9.17, 15) is 8.42 Å². The van der Waals surface area contributed by atoms with E-state index >= 15 is 0 Å². The second-order valence-electron chi connectivity index (χ2n) is 4.62. The highest BCUT2D eigenvalue weighted by Crippen LogP contribution is 2.16. The van der Waals surface area contributed by atoms with Crippen molar-refractivity contribution in [2.75, 3.05) is 19.7 Å². The molecule has 0 bridgehead atoms. The van der Waals surface area contributed by atoms with E-state index in [1.807, 2.05) is 20.8 Å². The van der Waals surface area contributed by atoms with Gasteiger partial charge >= 0.3 is 0 Å². The van der Waals surface area contributed by atoms with Gasteiger partial charge in [0.1, 0.15) is 0 Å². The van der Waals surface area contributed by atoms with Gasteiger partial charge < -0.3 is 10.5 Å². The van der Waals surface area contributed by atoms with Crippen molar-refractivity contribution in [1.29, 1.82) is 0 Å². The fraction of sp³-hybridized carbons (Fsp3) is 0.467. The summed E-state index contributed by atoms with van der Waals surface area (Å²) in [5, 5.41) is 0. The quantitative estimate of drug-likeness (QED) is 0.768. The predicted octanol–water partition coefficient (Wildman–Crippen LogP) is 1.01. The minimum Gasteiger partial charge on any atom is -0.377 e. The summed E-state index contributed by atoms with van der Waals surface area (Å²) in [6, 6.07) is 5.04. The molecule has 0 heterocycles. The van der Waals surface area contributed by atoms with Crippen LogP contribution in [0.25, 0.3) is 0 Å². The van der Waals surface area contributed by atoms with Gasteiger partial charge in [-0.05, 0) is 38.5 Å². The van der Waals surface area contributed by atoms with Crippen molar-refractivity contribution < 1.29 is 13.2 Å². The molecule has 21 heavy (non-hydrogen) atoms. The molecule has 0 saturated heterocycles. The van der Waals surface area contributed by atoms with Crippen LogP contribution in [0.5, 0.6) is 0 Å².